The van der Waals surface area contributed by atoms with Gasteiger partial charge in [-0.1, -0.05) is 53.5 Å². The summed E-state index contributed by atoms with van der Waals surface area (Å²) in [6.07, 6.45) is 11.1. The van der Waals surface area contributed by atoms with Crippen LogP contribution in [0.1, 0.15) is 46.1 Å². The summed E-state index contributed by atoms with van der Waals surface area (Å²) in [7, 11) is 0. The number of hydrogen-bond acceptors (Lipinski definition) is 8. The molecule has 4 N–H and O–H groups in total. The predicted octanol–water partition coefficient (Wildman–Crippen LogP) is 8.76. The van der Waals surface area contributed by atoms with Crippen LogP contribution >= 0.6 is 34.8 Å². The molecular formula is C35H38Cl3FN8. The Bertz CT molecular complexity index is 1800. The van der Waals surface area contributed by atoms with E-state index in [-0.39, 0.29) is 16.1 Å². The van der Waals surface area contributed by atoms with E-state index < -0.39 is 11.9 Å². The van der Waals surface area contributed by atoms with Crippen LogP contribution in [-0.2, 0) is 0 Å². The zero-order chi connectivity index (χ0) is 33.9. The van der Waals surface area contributed by atoms with Gasteiger partial charge < -0.3 is 16.1 Å². The molecule has 0 amide bonds. The number of hydrazine groups is 2. The van der Waals surface area contributed by atoms with Gasteiger partial charge in [0.2, 0.25) is 0 Å². The third kappa shape index (κ3) is 8.03. The molecule has 1 atom stereocenters. The van der Waals surface area contributed by atoms with Crippen molar-refractivity contribution in [1.82, 2.24) is 25.9 Å². The molecule has 1 saturated heterocycles. The van der Waals surface area contributed by atoms with Crippen molar-refractivity contribution in [3.63, 3.8) is 0 Å². The number of halogens is 4. The Hall–Kier alpha value is -3.78. The second-order valence-corrected chi connectivity index (χ2v) is 13.8. The molecule has 0 bridgehead atoms. The van der Waals surface area contributed by atoms with Crippen LogP contribution in [0.3, 0.4) is 0 Å². The molecule has 12 heteroatoms. The third-order valence-electron chi connectivity index (χ3n) is 8.37. The molecule has 2 aliphatic heterocycles. The molecule has 0 radical (unpaired) electrons. The highest BCUT2D eigenvalue weighted by Crippen LogP contribution is 2.36. The lowest BCUT2D eigenvalue weighted by atomic mass is 9.98. The lowest BCUT2D eigenvalue weighted by molar-refractivity contribution is 0.0570. The summed E-state index contributed by atoms with van der Waals surface area (Å²) < 4.78 is 13.9. The maximum absolute atomic E-state index is 13.9. The number of anilines is 3. The van der Waals surface area contributed by atoms with Crippen LogP contribution in [0.2, 0.25) is 10.0 Å². The summed E-state index contributed by atoms with van der Waals surface area (Å²) >= 11 is 19.1. The number of fused-ring (bicyclic) bond motifs is 1. The zero-order valence-corrected chi connectivity index (χ0v) is 29.0. The molecule has 3 heterocycles. The summed E-state index contributed by atoms with van der Waals surface area (Å²) in [6.45, 7) is 15.0. The van der Waals surface area contributed by atoms with Gasteiger partial charge in [0.05, 0.1) is 38.6 Å². The number of nitrogens with one attached hydrogen (secondary N) is 4. The van der Waals surface area contributed by atoms with Gasteiger partial charge in [-0.05, 0) is 82.5 Å². The number of hydrogen-bond donors (Lipinski definition) is 4. The first kappa shape index (κ1) is 34.6. The minimum Gasteiger partial charge on any atom is -0.373 e. The molecule has 1 fully saturated rings. The number of nitrogens with zero attached hydrogens (tertiary/aromatic N) is 4. The van der Waals surface area contributed by atoms with E-state index in [1.165, 1.54) is 18.3 Å². The second kappa shape index (κ2) is 14.5. The largest absolute Gasteiger partial charge is 0.373 e. The first-order chi connectivity index (χ1) is 22.4. The van der Waals surface area contributed by atoms with E-state index >= 15 is 0 Å². The summed E-state index contributed by atoms with van der Waals surface area (Å²) in [5, 5.41) is 20.4. The predicted molar refractivity (Wildman–Crippen MR) is 192 cm³/mol. The Balaban J connectivity index is 1.49. The quantitative estimate of drug-likeness (QED) is 0.165. The molecule has 5 rings (SSSR count). The van der Waals surface area contributed by atoms with Gasteiger partial charge in [-0.15, -0.1) is 5.53 Å². The highest BCUT2D eigenvalue weighted by atomic mass is 35.5. The van der Waals surface area contributed by atoms with Crippen molar-refractivity contribution in [2.24, 2.45) is 0 Å². The van der Waals surface area contributed by atoms with Gasteiger partial charge >= 0.3 is 0 Å². The first-order valence-corrected chi connectivity index (χ1v) is 16.5. The van der Waals surface area contributed by atoms with Crippen molar-refractivity contribution >= 4 is 62.8 Å². The van der Waals surface area contributed by atoms with E-state index in [1.807, 2.05) is 19.1 Å². The summed E-state index contributed by atoms with van der Waals surface area (Å²) in [6, 6.07) is 10.0. The number of rotatable bonds is 9. The van der Waals surface area contributed by atoms with E-state index in [0.29, 0.717) is 44.1 Å². The Morgan fingerprint density at radius 3 is 2.53 bits per heavy atom. The Kier molecular flexibility index (Phi) is 10.7. The molecule has 0 spiro atoms. The fourth-order valence-electron chi connectivity index (χ4n) is 5.70. The van der Waals surface area contributed by atoms with Crippen molar-refractivity contribution in [3.05, 3.63) is 105 Å². The van der Waals surface area contributed by atoms with Crippen molar-refractivity contribution in [2.75, 3.05) is 23.7 Å². The van der Waals surface area contributed by atoms with Crippen LogP contribution in [0.15, 0.2) is 83.8 Å². The lowest BCUT2D eigenvalue weighted by Crippen LogP contribution is -2.52. The highest BCUT2D eigenvalue weighted by Gasteiger charge is 2.32. The highest BCUT2D eigenvalue weighted by molar-refractivity contribution is 6.36. The fraction of sp³-hybridized carbons (Fsp3) is 0.314. The SMILES string of the molecule is C=C(/C=C\C(Cl)=C/C)[C@H](Nc1cc(Cl)c2ncc(C#N)c(Nc3ccc(F)c(Cl)c3)c2c1)C1=CN(C2CCN(C(C)(C)C)CC2)NN1. The van der Waals surface area contributed by atoms with Gasteiger partial charge in [-0.2, -0.15) is 5.26 Å². The second-order valence-electron chi connectivity index (χ2n) is 12.5. The third-order valence-corrected chi connectivity index (χ3v) is 9.30. The molecule has 3 aromatic rings. The number of pyridine rings is 1. The molecule has 2 aliphatic rings. The summed E-state index contributed by atoms with van der Waals surface area (Å²) in [5.41, 5.74) is 10.8. The molecule has 0 unspecified atom stereocenters. The molecule has 2 aromatic carbocycles. The van der Waals surface area contributed by atoms with Crippen LogP contribution in [0.5, 0.6) is 0 Å². The van der Waals surface area contributed by atoms with E-state index in [0.717, 1.165) is 37.2 Å². The molecule has 246 valence electrons. The molecule has 1 aromatic heterocycles. The first-order valence-electron chi connectivity index (χ1n) is 15.3. The van der Waals surface area contributed by atoms with Gasteiger partial charge in [-0.25, -0.2) is 4.39 Å². The summed E-state index contributed by atoms with van der Waals surface area (Å²) in [4.78, 5) is 6.97. The number of likely N-dealkylation sites (tertiary alicyclic amines) is 1. The average Bonchev–Trinajstić information content (AvgIpc) is 3.54. The fourth-order valence-corrected chi connectivity index (χ4v) is 6.21. The minimum absolute atomic E-state index is 0.0422. The smallest absolute Gasteiger partial charge is 0.141 e. The van der Waals surface area contributed by atoms with Crippen LogP contribution in [0, 0.1) is 17.1 Å². The van der Waals surface area contributed by atoms with Gasteiger partial charge in [0, 0.05) is 58.9 Å². The number of piperidine rings is 1. The zero-order valence-electron chi connectivity index (χ0n) is 26.8. The van der Waals surface area contributed by atoms with Crippen LogP contribution in [0.25, 0.3) is 10.9 Å². The normalized spacial score (nSPS) is 17.0. The van der Waals surface area contributed by atoms with Crippen LogP contribution in [-0.4, -0.2) is 45.6 Å². The van der Waals surface area contributed by atoms with Gasteiger partial charge in [0.1, 0.15) is 11.9 Å². The van der Waals surface area contributed by atoms with E-state index in [4.69, 9.17) is 34.8 Å². The van der Waals surface area contributed by atoms with Gasteiger partial charge in [0.15, 0.2) is 0 Å². The maximum atomic E-state index is 13.9. The van der Waals surface area contributed by atoms with Gasteiger partial charge in [-0.3, -0.25) is 14.9 Å². The Labute approximate surface area is 290 Å². The van der Waals surface area contributed by atoms with Crippen molar-refractivity contribution in [1.29, 1.82) is 5.26 Å². The number of allylic oxidation sites excluding steroid dienone is 3. The summed E-state index contributed by atoms with van der Waals surface area (Å²) in [5.74, 6) is -0.541. The Morgan fingerprint density at radius 2 is 1.87 bits per heavy atom. The van der Waals surface area contributed by atoms with Crippen molar-refractivity contribution < 1.29 is 4.39 Å². The number of aromatic nitrogens is 1. The molecule has 0 aliphatic carbocycles. The number of nitriles is 1. The Morgan fingerprint density at radius 1 is 1.15 bits per heavy atom. The lowest BCUT2D eigenvalue weighted by Gasteiger charge is -2.42. The maximum Gasteiger partial charge on any atom is 0.141 e. The van der Waals surface area contributed by atoms with Crippen LogP contribution < -0.4 is 21.6 Å². The van der Waals surface area contributed by atoms with Crippen molar-refractivity contribution in [3.8, 4) is 6.07 Å². The molecule has 8 nitrogen and oxygen atoms in total. The van der Waals surface area contributed by atoms with E-state index in [9.17, 15) is 9.65 Å². The molecular weight excluding hydrogens is 658 g/mol. The van der Waals surface area contributed by atoms with Crippen LogP contribution in [0.4, 0.5) is 21.5 Å². The topological polar surface area (TPSA) is 91.3 Å². The minimum atomic E-state index is -0.541. The van der Waals surface area contributed by atoms with E-state index in [2.05, 4.69) is 76.1 Å². The molecule has 0 saturated carbocycles. The van der Waals surface area contributed by atoms with Crippen molar-refractivity contribution in [2.45, 2.75) is 58.2 Å². The molecule has 47 heavy (non-hydrogen) atoms. The standard InChI is InChI=1S/C35H38Cl3FN8/c1-6-23(36)8-7-21(2)32(31-20-47(45-44-31)26-11-13-46(14-12-26)35(3,4)5)43-25-15-27-33(42-24-9-10-30(39)28(37)16-24)22(18-40)19-41-34(27)29(38)17-25/h6-10,15-17,19-20,26,32,43-45H,2,11-14H2,1,3-5H3,(H,41,42)/b8-7-,23-6+/t32-/m0/s1. The van der Waals surface area contributed by atoms with E-state index in [1.54, 1.807) is 24.3 Å². The van der Waals surface area contributed by atoms with Gasteiger partial charge in [0.25, 0.3) is 0 Å². The average molecular weight is 696 g/mol. The number of benzene rings is 2. The monoisotopic (exact) mass is 694 g/mol.